The van der Waals surface area contributed by atoms with Crippen LogP contribution in [0.1, 0.15) is 13.3 Å². The molecule has 78 valence electrons. The molecule has 0 aliphatic rings. The third-order valence-electron chi connectivity index (χ3n) is 1.27. The number of aliphatic hydroxyl groups is 1. The van der Waals surface area contributed by atoms with E-state index < -0.39 is 11.7 Å². The van der Waals surface area contributed by atoms with Gasteiger partial charge in [-0.1, -0.05) is 0 Å². The molecule has 0 fully saturated rings. The Morgan fingerprint density at radius 2 is 2.00 bits per heavy atom. The number of hydrogen-bond donors (Lipinski definition) is 1. The van der Waals surface area contributed by atoms with Crippen LogP contribution in [0.15, 0.2) is 21.7 Å². The van der Waals surface area contributed by atoms with Crippen LogP contribution in [0.25, 0.3) is 0 Å². The lowest BCUT2D eigenvalue weighted by Gasteiger charge is -2.01. The van der Waals surface area contributed by atoms with E-state index in [1.54, 1.807) is 0 Å². The molecular weight excluding hydrogens is 188 g/mol. The van der Waals surface area contributed by atoms with Crippen LogP contribution in [-0.2, 0) is 14.3 Å². The predicted octanol–water partition coefficient (Wildman–Crippen LogP) is 0.990. The summed E-state index contributed by atoms with van der Waals surface area (Å²) < 4.78 is 4.35. The summed E-state index contributed by atoms with van der Waals surface area (Å²) in [6.07, 6.45) is -0.260. The van der Waals surface area contributed by atoms with Gasteiger partial charge in [-0.15, -0.1) is 5.11 Å². The number of allylic oxidation sites excluding steroid dienone is 1. The van der Waals surface area contributed by atoms with Crippen LogP contribution in [0.5, 0.6) is 0 Å². The van der Waals surface area contributed by atoms with Gasteiger partial charge in [0.25, 0.3) is 0 Å². The van der Waals surface area contributed by atoms with Crippen LogP contribution in [0.2, 0.25) is 0 Å². The second kappa shape index (κ2) is 5.85. The number of carbonyl (C=O) groups excluding carboxylic acids is 2. The monoisotopic (exact) mass is 200 g/mol. The zero-order chi connectivity index (χ0) is 11.1. The van der Waals surface area contributed by atoms with Crippen molar-refractivity contribution in [1.82, 2.24) is 0 Å². The number of rotatable bonds is 4. The van der Waals surface area contributed by atoms with Gasteiger partial charge in [-0.2, -0.15) is 5.11 Å². The molecule has 0 aromatic rings. The summed E-state index contributed by atoms with van der Waals surface area (Å²) in [5, 5.41) is 16.0. The van der Waals surface area contributed by atoms with Crippen LogP contribution in [0.4, 0.5) is 0 Å². The summed E-state index contributed by atoms with van der Waals surface area (Å²) >= 11 is 0. The Kier molecular flexibility index (Phi) is 5.13. The molecule has 6 heteroatoms. The van der Waals surface area contributed by atoms with Crippen molar-refractivity contribution < 1.29 is 19.4 Å². The van der Waals surface area contributed by atoms with Gasteiger partial charge < -0.3 is 9.84 Å². The lowest BCUT2D eigenvalue weighted by atomic mass is 10.2. The normalized spacial score (nSPS) is 12.5. The molecule has 0 atom stereocenters. The molecule has 0 saturated carbocycles. The number of azo groups is 1. The first kappa shape index (κ1) is 12.3. The summed E-state index contributed by atoms with van der Waals surface area (Å²) in [5.41, 5.74) is -0.342. The standard InChI is InChI=1S/C8H12N2O4/c1-5(11)4-6(12)7(10-9-2)8(13)14-3/h12H,4H2,1-3H3/b7-6+,10-9?. The SMILES string of the molecule is CN=N/C(C(=O)OC)=C(/O)CC(C)=O. The first-order chi connectivity index (χ1) is 6.52. The molecule has 0 saturated heterocycles. The van der Waals surface area contributed by atoms with Gasteiger partial charge in [0.1, 0.15) is 11.5 Å². The van der Waals surface area contributed by atoms with Crippen LogP contribution < -0.4 is 0 Å². The Hall–Kier alpha value is -1.72. The van der Waals surface area contributed by atoms with Crippen LogP contribution >= 0.6 is 0 Å². The predicted molar refractivity (Wildman–Crippen MR) is 47.7 cm³/mol. The molecule has 0 aromatic carbocycles. The molecule has 6 nitrogen and oxygen atoms in total. The maximum absolute atomic E-state index is 11.0. The lowest BCUT2D eigenvalue weighted by molar-refractivity contribution is -0.136. The molecule has 1 N–H and O–H groups in total. The van der Waals surface area contributed by atoms with Gasteiger partial charge in [0.05, 0.1) is 13.5 Å². The van der Waals surface area contributed by atoms with E-state index in [1.807, 2.05) is 0 Å². The van der Waals surface area contributed by atoms with Gasteiger partial charge in [-0.25, -0.2) is 4.79 Å². The number of aliphatic hydroxyl groups excluding tert-OH is 1. The second-order valence-electron chi connectivity index (χ2n) is 2.47. The van der Waals surface area contributed by atoms with Crippen molar-refractivity contribution in [3.63, 3.8) is 0 Å². The Morgan fingerprint density at radius 1 is 1.43 bits per heavy atom. The molecule has 0 heterocycles. The fraction of sp³-hybridized carbons (Fsp3) is 0.500. The van der Waals surface area contributed by atoms with Gasteiger partial charge in [0, 0.05) is 7.05 Å². The highest BCUT2D eigenvalue weighted by atomic mass is 16.5. The number of Topliss-reactive ketones (excluding diaryl/α,β-unsaturated/α-hetero) is 1. The molecule has 0 amide bonds. The smallest absolute Gasteiger partial charge is 0.362 e. The number of esters is 1. The van der Waals surface area contributed by atoms with Gasteiger partial charge in [0.15, 0.2) is 0 Å². The number of carbonyl (C=O) groups is 2. The summed E-state index contributed by atoms with van der Waals surface area (Å²) in [6.45, 7) is 1.29. The Morgan fingerprint density at radius 3 is 2.36 bits per heavy atom. The highest BCUT2D eigenvalue weighted by Gasteiger charge is 2.16. The molecule has 0 rings (SSSR count). The highest BCUT2D eigenvalue weighted by molar-refractivity contribution is 5.89. The number of ether oxygens (including phenoxy) is 1. The van der Waals surface area contributed by atoms with E-state index in [1.165, 1.54) is 14.0 Å². The van der Waals surface area contributed by atoms with E-state index in [9.17, 15) is 14.7 Å². The van der Waals surface area contributed by atoms with Gasteiger partial charge >= 0.3 is 5.97 Å². The molecule has 0 unspecified atom stereocenters. The third kappa shape index (κ3) is 3.79. The minimum absolute atomic E-state index is 0.260. The Labute approximate surface area is 81.3 Å². The third-order valence-corrected chi connectivity index (χ3v) is 1.27. The summed E-state index contributed by atoms with van der Waals surface area (Å²) in [6, 6.07) is 0. The highest BCUT2D eigenvalue weighted by Crippen LogP contribution is 2.10. The average Bonchev–Trinajstić information content (AvgIpc) is 2.11. The first-order valence-corrected chi connectivity index (χ1v) is 3.82. The van der Waals surface area contributed by atoms with Gasteiger partial charge in [-0.3, -0.25) is 4.79 Å². The van der Waals surface area contributed by atoms with Gasteiger partial charge in [0.2, 0.25) is 5.70 Å². The molecule has 0 aliphatic heterocycles. The van der Waals surface area contributed by atoms with Crippen molar-refractivity contribution in [1.29, 1.82) is 0 Å². The Bertz CT molecular complexity index is 294. The van der Waals surface area contributed by atoms with Crippen molar-refractivity contribution in [3.05, 3.63) is 11.5 Å². The van der Waals surface area contributed by atoms with E-state index in [-0.39, 0.29) is 17.9 Å². The first-order valence-electron chi connectivity index (χ1n) is 3.82. The zero-order valence-electron chi connectivity index (χ0n) is 8.27. The largest absolute Gasteiger partial charge is 0.509 e. The average molecular weight is 200 g/mol. The van der Waals surface area contributed by atoms with E-state index in [0.29, 0.717) is 0 Å². The number of hydrogen-bond acceptors (Lipinski definition) is 6. The lowest BCUT2D eigenvalue weighted by Crippen LogP contribution is -2.07. The van der Waals surface area contributed by atoms with Crippen molar-refractivity contribution >= 4 is 11.8 Å². The molecule has 0 aromatic heterocycles. The number of methoxy groups -OCH3 is 1. The number of nitrogens with zero attached hydrogens (tertiary/aromatic N) is 2. The van der Waals surface area contributed by atoms with E-state index in [4.69, 9.17) is 0 Å². The van der Waals surface area contributed by atoms with E-state index in [0.717, 1.165) is 7.11 Å². The van der Waals surface area contributed by atoms with Crippen LogP contribution in [0.3, 0.4) is 0 Å². The molecule has 14 heavy (non-hydrogen) atoms. The topological polar surface area (TPSA) is 88.3 Å². The maximum atomic E-state index is 11.0. The summed E-state index contributed by atoms with van der Waals surface area (Å²) in [7, 11) is 2.48. The second-order valence-corrected chi connectivity index (χ2v) is 2.47. The molecular formula is C8H12N2O4. The molecule has 0 spiro atoms. The fourth-order valence-electron chi connectivity index (χ4n) is 0.733. The van der Waals surface area contributed by atoms with Crippen LogP contribution in [-0.4, -0.2) is 31.0 Å². The number of ketones is 1. The molecule has 0 bridgehead atoms. The quantitative estimate of drug-likeness (QED) is 0.317. The zero-order valence-corrected chi connectivity index (χ0v) is 8.27. The van der Waals surface area contributed by atoms with Crippen molar-refractivity contribution in [2.45, 2.75) is 13.3 Å². The molecule has 0 radical (unpaired) electrons. The van der Waals surface area contributed by atoms with Crippen molar-refractivity contribution in [3.8, 4) is 0 Å². The van der Waals surface area contributed by atoms with Crippen LogP contribution in [0, 0.1) is 0 Å². The minimum atomic E-state index is -0.825. The summed E-state index contributed by atoms with van der Waals surface area (Å²) in [4.78, 5) is 21.7. The van der Waals surface area contributed by atoms with Crippen molar-refractivity contribution in [2.24, 2.45) is 10.2 Å². The Balaban J connectivity index is 4.94. The molecule has 0 aliphatic carbocycles. The van der Waals surface area contributed by atoms with Gasteiger partial charge in [-0.05, 0) is 6.92 Å². The fourth-order valence-corrected chi connectivity index (χ4v) is 0.733. The minimum Gasteiger partial charge on any atom is -0.509 e. The van der Waals surface area contributed by atoms with E-state index in [2.05, 4.69) is 15.0 Å². The maximum Gasteiger partial charge on any atom is 0.362 e. The van der Waals surface area contributed by atoms with Crippen molar-refractivity contribution in [2.75, 3.05) is 14.2 Å². The van der Waals surface area contributed by atoms with E-state index >= 15 is 0 Å². The summed E-state index contributed by atoms with van der Waals surface area (Å²) in [5.74, 6) is -1.54.